The van der Waals surface area contributed by atoms with E-state index in [9.17, 15) is 19.8 Å². The van der Waals surface area contributed by atoms with Crippen molar-refractivity contribution in [1.82, 2.24) is 5.32 Å². The van der Waals surface area contributed by atoms with Crippen LogP contribution >= 0.6 is 0 Å². The molecule has 0 aliphatic heterocycles. The molecule has 1 amide bonds. The first-order valence-electron chi connectivity index (χ1n) is 11.0. The van der Waals surface area contributed by atoms with Crippen molar-refractivity contribution in [3.8, 4) is 0 Å². The van der Waals surface area contributed by atoms with Gasteiger partial charge in [0.2, 0.25) is 0 Å². The van der Waals surface area contributed by atoms with Crippen LogP contribution in [0.2, 0.25) is 0 Å². The number of carbonyl (C=O) groups excluding carboxylic acids is 1. The molecule has 4 aromatic carbocycles. The lowest BCUT2D eigenvalue weighted by Gasteiger charge is -2.41. The minimum Gasteiger partial charge on any atom is -0.481 e. The highest BCUT2D eigenvalue weighted by atomic mass is 16.4. The maximum atomic E-state index is 13.5. The zero-order chi connectivity index (χ0) is 24.0. The number of carboxylic acids is 1. The predicted molar refractivity (Wildman–Crippen MR) is 130 cm³/mol. The lowest BCUT2D eigenvalue weighted by Crippen LogP contribution is -2.53. The van der Waals surface area contributed by atoms with Gasteiger partial charge >= 0.3 is 5.97 Å². The lowest BCUT2D eigenvalue weighted by atomic mass is 9.69. The molecule has 3 N–H and O–H groups in total. The summed E-state index contributed by atoms with van der Waals surface area (Å²) in [5.41, 5.74) is 1.45. The van der Waals surface area contributed by atoms with Gasteiger partial charge in [0.1, 0.15) is 11.5 Å². The molecule has 0 spiro atoms. The SMILES string of the molecule is O=C(NC(c1ccccc1)(c1ccc(CO)cc1)C(C(=O)O)c1ccccc1)c1ccccc1. The number of nitrogens with one attached hydrogen (secondary N) is 1. The van der Waals surface area contributed by atoms with Crippen LogP contribution in [0.3, 0.4) is 0 Å². The van der Waals surface area contributed by atoms with Crippen molar-refractivity contribution in [2.45, 2.75) is 18.1 Å². The number of hydrogen-bond acceptors (Lipinski definition) is 3. The summed E-state index contributed by atoms with van der Waals surface area (Å²) in [6.45, 7) is -0.143. The van der Waals surface area contributed by atoms with Crippen LogP contribution in [0.15, 0.2) is 115 Å². The quantitative estimate of drug-likeness (QED) is 0.362. The molecule has 2 unspecified atom stereocenters. The van der Waals surface area contributed by atoms with E-state index in [1.54, 1.807) is 72.8 Å². The molecule has 0 fully saturated rings. The molecule has 0 aliphatic rings. The van der Waals surface area contributed by atoms with Crippen LogP contribution in [0.5, 0.6) is 0 Å². The van der Waals surface area contributed by atoms with E-state index in [4.69, 9.17) is 0 Å². The second-order valence-electron chi connectivity index (χ2n) is 8.03. The number of carboxylic acid groups (broad SMARTS) is 1. The summed E-state index contributed by atoms with van der Waals surface area (Å²) in [7, 11) is 0. The van der Waals surface area contributed by atoms with Gasteiger partial charge < -0.3 is 15.5 Å². The molecule has 0 saturated heterocycles. The first-order chi connectivity index (χ1) is 16.6. The molecule has 0 saturated carbocycles. The Morgan fingerprint density at radius 1 is 0.706 bits per heavy atom. The highest BCUT2D eigenvalue weighted by Crippen LogP contribution is 2.43. The van der Waals surface area contributed by atoms with Crippen LogP contribution in [0.25, 0.3) is 0 Å². The van der Waals surface area contributed by atoms with E-state index in [1.807, 2.05) is 42.5 Å². The monoisotopic (exact) mass is 451 g/mol. The van der Waals surface area contributed by atoms with E-state index < -0.39 is 23.3 Å². The van der Waals surface area contributed by atoms with E-state index >= 15 is 0 Å². The fourth-order valence-corrected chi connectivity index (χ4v) is 4.35. The van der Waals surface area contributed by atoms with E-state index in [0.29, 0.717) is 27.8 Å². The van der Waals surface area contributed by atoms with Gasteiger partial charge in [-0.05, 0) is 34.4 Å². The van der Waals surface area contributed by atoms with Gasteiger partial charge in [0.15, 0.2) is 0 Å². The van der Waals surface area contributed by atoms with Gasteiger partial charge in [-0.2, -0.15) is 0 Å². The van der Waals surface area contributed by atoms with Crippen molar-refractivity contribution in [2.75, 3.05) is 0 Å². The second-order valence-corrected chi connectivity index (χ2v) is 8.03. The van der Waals surface area contributed by atoms with Crippen molar-refractivity contribution >= 4 is 11.9 Å². The summed E-state index contributed by atoms with van der Waals surface area (Å²) in [5.74, 6) is -2.60. The third kappa shape index (κ3) is 4.47. The number of aliphatic hydroxyl groups excluding tert-OH is 1. The number of hydrogen-bond donors (Lipinski definition) is 3. The number of carbonyl (C=O) groups is 2. The Hall–Kier alpha value is -4.22. The van der Waals surface area contributed by atoms with E-state index in [2.05, 4.69) is 5.32 Å². The number of amides is 1. The van der Waals surface area contributed by atoms with Gasteiger partial charge in [-0.1, -0.05) is 103 Å². The van der Waals surface area contributed by atoms with Crippen LogP contribution in [0.4, 0.5) is 0 Å². The number of aliphatic hydroxyl groups is 1. The Kier molecular flexibility index (Phi) is 6.85. The van der Waals surface area contributed by atoms with Crippen molar-refractivity contribution in [3.63, 3.8) is 0 Å². The first kappa shape index (κ1) is 23.0. The zero-order valence-electron chi connectivity index (χ0n) is 18.5. The molecular weight excluding hydrogens is 426 g/mol. The highest BCUT2D eigenvalue weighted by Gasteiger charge is 2.48. The average Bonchev–Trinajstić information content (AvgIpc) is 2.89. The molecule has 0 bridgehead atoms. The minimum atomic E-state index is -1.44. The molecule has 0 aromatic heterocycles. The minimum absolute atomic E-state index is 0.143. The topological polar surface area (TPSA) is 86.6 Å². The molecule has 4 aromatic rings. The van der Waals surface area contributed by atoms with Gasteiger partial charge in [-0.3, -0.25) is 9.59 Å². The molecule has 0 radical (unpaired) electrons. The Balaban J connectivity index is 2.01. The predicted octanol–water partition coefficient (Wildman–Crippen LogP) is 4.72. The summed E-state index contributed by atoms with van der Waals surface area (Å²) < 4.78 is 0. The second kappa shape index (κ2) is 10.1. The van der Waals surface area contributed by atoms with Crippen LogP contribution in [0, 0.1) is 0 Å². The number of benzene rings is 4. The summed E-state index contributed by atoms with van der Waals surface area (Å²) in [6.07, 6.45) is 0. The number of aliphatic carboxylic acids is 1. The Morgan fingerprint density at radius 3 is 1.74 bits per heavy atom. The molecule has 4 rings (SSSR count). The fraction of sp³-hybridized carbons (Fsp3) is 0.103. The summed E-state index contributed by atoms with van der Waals surface area (Å²) in [6, 6.07) is 33.8. The summed E-state index contributed by atoms with van der Waals surface area (Å²) >= 11 is 0. The normalized spacial score (nSPS) is 13.4. The summed E-state index contributed by atoms with van der Waals surface area (Å²) in [5, 5.41) is 23.2. The van der Waals surface area contributed by atoms with Crippen molar-refractivity contribution < 1.29 is 19.8 Å². The Morgan fingerprint density at radius 2 is 1.21 bits per heavy atom. The van der Waals surface area contributed by atoms with Gasteiger partial charge in [-0.25, -0.2) is 0 Å². The maximum Gasteiger partial charge on any atom is 0.314 e. The molecular formula is C29H25NO4. The zero-order valence-corrected chi connectivity index (χ0v) is 18.5. The Bertz CT molecular complexity index is 1240. The largest absolute Gasteiger partial charge is 0.481 e. The van der Waals surface area contributed by atoms with Crippen LogP contribution in [-0.2, 0) is 16.9 Å². The van der Waals surface area contributed by atoms with Crippen molar-refractivity contribution in [2.24, 2.45) is 0 Å². The number of rotatable bonds is 8. The van der Waals surface area contributed by atoms with Gasteiger partial charge in [0.05, 0.1) is 6.61 Å². The van der Waals surface area contributed by atoms with Crippen LogP contribution in [-0.4, -0.2) is 22.1 Å². The van der Waals surface area contributed by atoms with E-state index in [-0.39, 0.29) is 6.61 Å². The van der Waals surface area contributed by atoms with E-state index in [0.717, 1.165) is 0 Å². The van der Waals surface area contributed by atoms with Gasteiger partial charge in [0, 0.05) is 5.56 Å². The molecule has 0 heterocycles. The average molecular weight is 452 g/mol. The van der Waals surface area contributed by atoms with E-state index in [1.165, 1.54) is 0 Å². The maximum absolute atomic E-state index is 13.5. The molecule has 2 atom stereocenters. The molecule has 170 valence electrons. The molecule has 0 aliphatic carbocycles. The van der Waals surface area contributed by atoms with Gasteiger partial charge in [-0.15, -0.1) is 0 Å². The molecule has 5 heteroatoms. The fourth-order valence-electron chi connectivity index (χ4n) is 4.35. The van der Waals surface area contributed by atoms with Gasteiger partial charge in [0.25, 0.3) is 5.91 Å². The first-order valence-corrected chi connectivity index (χ1v) is 11.0. The smallest absolute Gasteiger partial charge is 0.314 e. The summed E-state index contributed by atoms with van der Waals surface area (Å²) in [4.78, 5) is 26.5. The van der Waals surface area contributed by atoms with Crippen LogP contribution in [0.1, 0.15) is 38.5 Å². The van der Waals surface area contributed by atoms with Crippen molar-refractivity contribution in [3.05, 3.63) is 143 Å². The molecule has 34 heavy (non-hydrogen) atoms. The Labute approximate surface area is 198 Å². The van der Waals surface area contributed by atoms with Crippen molar-refractivity contribution in [1.29, 1.82) is 0 Å². The third-order valence-electron chi connectivity index (χ3n) is 5.98. The van der Waals surface area contributed by atoms with Crippen LogP contribution < -0.4 is 5.32 Å². The molecule has 5 nitrogen and oxygen atoms in total. The third-order valence-corrected chi connectivity index (χ3v) is 5.98. The lowest BCUT2D eigenvalue weighted by molar-refractivity contribution is -0.140. The standard InChI is InChI=1S/C29H25NO4/c31-20-21-16-18-25(19-17-21)29(24-14-8-3-9-15-24,30-27(32)23-12-6-2-7-13-23)26(28(33)34)22-10-4-1-5-11-22/h1-19,26,31H,20H2,(H,30,32)(H,33,34). The highest BCUT2D eigenvalue weighted by molar-refractivity contribution is 5.96.